The zero-order valence-electron chi connectivity index (χ0n) is 51.5. The molecule has 0 aromatic rings. The van der Waals surface area contributed by atoms with Crippen LogP contribution in [0.15, 0.2) is 0 Å². The average molecular weight is 1070 g/mol. The predicted octanol–water partition coefficient (Wildman–Crippen LogP) is 23.0. The van der Waals surface area contributed by atoms with Gasteiger partial charge in [-0.15, -0.1) is 0 Å². The Hall–Kier alpha value is 0.407. The molecule has 0 aliphatic heterocycles. The Bertz CT molecular complexity index is 883. The molecule has 0 spiro atoms. The molecule has 73 heavy (non-hydrogen) atoms. The summed E-state index contributed by atoms with van der Waals surface area (Å²) < 4.78 is 14.8. The highest BCUT2D eigenvalue weighted by Gasteiger charge is 2.37. The van der Waals surface area contributed by atoms with Crippen LogP contribution in [0.25, 0.3) is 0 Å². The van der Waals surface area contributed by atoms with Crippen LogP contribution in [-0.2, 0) is 8.85 Å². The van der Waals surface area contributed by atoms with Crippen molar-refractivity contribution in [2.24, 2.45) is 0 Å². The number of rotatable bonds is 66. The van der Waals surface area contributed by atoms with Crippen LogP contribution in [-0.4, -0.2) is 76.6 Å². The molecule has 0 radical (unpaired) electrons. The molecular formula is C67H140N2O2SSi. The van der Waals surface area contributed by atoms with Crippen LogP contribution in [0, 0.1) is 0 Å². The number of unbranched alkanes of at least 4 members (excludes halogenated alkanes) is 45. The Morgan fingerprint density at radius 3 is 0.644 bits per heavy atom. The molecule has 0 rings (SSSR count). The molecule has 4 nitrogen and oxygen atoms in total. The average Bonchev–Trinajstić information content (AvgIpc) is 3.40. The Labute approximate surface area is 469 Å². The molecule has 6 heteroatoms. The predicted molar refractivity (Wildman–Crippen MR) is 338 cm³/mol. The molecule has 0 saturated heterocycles. The molecular weight excluding hydrogens is 925 g/mol. The molecule has 0 bridgehead atoms. The Morgan fingerprint density at radius 2 is 0.425 bits per heavy atom. The van der Waals surface area contributed by atoms with Crippen LogP contribution in [0.2, 0.25) is 12.1 Å². The molecule has 0 aliphatic rings. The summed E-state index contributed by atoms with van der Waals surface area (Å²) in [6.45, 7) is 20.5. The minimum atomic E-state index is -2.40. The van der Waals surface area contributed by atoms with Gasteiger partial charge < -0.3 is 18.7 Å². The van der Waals surface area contributed by atoms with Crippen molar-refractivity contribution in [3.8, 4) is 0 Å². The van der Waals surface area contributed by atoms with Crippen molar-refractivity contribution in [2.75, 3.05) is 58.2 Å². The summed E-state index contributed by atoms with van der Waals surface area (Å²) in [4.78, 5) is 5.63. The van der Waals surface area contributed by atoms with Crippen molar-refractivity contribution in [3.05, 3.63) is 0 Å². The highest BCUT2D eigenvalue weighted by atomic mass is 32.1. The molecule has 0 aromatic carbocycles. The van der Waals surface area contributed by atoms with Crippen LogP contribution in [0.5, 0.6) is 0 Å². The fourth-order valence-corrected chi connectivity index (χ4v) is 15.2. The van der Waals surface area contributed by atoms with Gasteiger partial charge in [-0.3, -0.25) is 0 Å². The standard InChI is InChI=1S/C67H140N2O2SSi/c1-6-11-16-21-26-31-36-41-46-51-57-68(58-52-47-42-37-32-27-22-17-12-7-2)61-63-70-73(67-56-65-72,66-55-50-45-40-35-30-25-20-15-10-5)71-64-62-69(59-53-48-43-38-33-28-23-18-13-8-3)60-54-49-44-39-34-29-24-19-14-9-4/h72H,6-67H2,1-5H3. The van der Waals surface area contributed by atoms with Crippen molar-refractivity contribution >= 4 is 21.2 Å². The van der Waals surface area contributed by atoms with Crippen molar-refractivity contribution in [3.63, 3.8) is 0 Å². The lowest BCUT2D eigenvalue weighted by atomic mass is 10.1. The molecule has 0 amide bonds. The summed E-state index contributed by atoms with van der Waals surface area (Å²) in [6.07, 6.45) is 71.4. The van der Waals surface area contributed by atoms with E-state index in [9.17, 15) is 0 Å². The zero-order chi connectivity index (χ0) is 52.9. The first-order chi connectivity index (χ1) is 36.1. The number of hydrogen-bond donors (Lipinski definition) is 1. The van der Waals surface area contributed by atoms with Gasteiger partial charge >= 0.3 is 8.56 Å². The largest absolute Gasteiger partial charge is 0.393 e. The SMILES string of the molecule is CCCCCCCCCCCCN(CCCCCCCCCCCC)CCO[Si](CCCS)(CCCCCCCCCCCC)OCCN(CCCCCCCCCCCC)CCCCCCCCCCCC. The van der Waals surface area contributed by atoms with Crippen molar-refractivity contribution in [1.29, 1.82) is 0 Å². The van der Waals surface area contributed by atoms with E-state index in [1.807, 2.05) is 0 Å². The van der Waals surface area contributed by atoms with E-state index >= 15 is 0 Å². The lowest BCUT2D eigenvalue weighted by Gasteiger charge is -2.33. The summed E-state index contributed by atoms with van der Waals surface area (Å²) in [7, 11) is -2.40. The van der Waals surface area contributed by atoms with Crippen LogP contribution in [0.4, 0.5) is 0 Å². The molecule has 0 atom stereocenters. The van der Waals surface area contributed by atoms with E-state index in [1.54, 1.807) is 0 Å². The second kappa shape index (κ2) is 63.2. The fraction of sp³-hybridized carbons (Fsp3) is 1.00. The molecule has 0 aromatic heterocycles. The maximum Gasteiger partial charge on any atom is 0.338 e. The molecule has 0 N–H and O–H groups in total. The lowest BCUT2D eigenvalue weighted by molar-refractivity contribution is 0.122. The second-order valence-corrected chi connectivity index (χ2v) is 27.6. The van der Waals surface area contributed by atoms with Gasteiger partial charge in [-0.2, -0.15) is 12.6 Å². The Kier molecular flexibility index (Phi) is 63.6. The third-order valence-electron chi connectivity index (χ3n) is 16.5. The van der Waals surface area contributed by atoms with Gasteiger partial charge in [-0.1, -0.05) is 330 Å². The topological polar surface area (TPSA) is 24.9 Å². The van der Waals surface area contributed by atoms with Crippen LogP contribution < -0.4 is 0 Å². The first-order valence-electron chi connectivity index (χ1n) is 34.4. The van der Waals surface area contributed by atoms with Gasteiger partial charge in [-0.25, -0.2) is 0 Å². The highest BCUT2D eigenvalue weighted by molar-refractivity contribution is 7.80. The summed E-state index contributed by atoms with van der Waals surface area (Å²) in [5, 5.41) is 0. The summed E-state index contributed by atoms with van der Waals surface area (Å²) in [5.74, 6) is 0.937. The van der Waals surface area contributed by atoms with Crippen molar-refractivity contribution in [1.82, 2.24) is 9.80 Å². The quantitative estimate of drug-likeness (QED) is 0.0373. The van der Waals surface area contributed by atoms with Crippen LogP contribution in [0.1, 0.15) is 362 Å². The number of thiol groups is 1. The molecule has 0 heterocycles. The Morgan fingerprint density at radius 1 is 0.233 bits per heavy atom. The van der Waals surface area contributed by atoms with Crippen LogP contribution in [0.3, 0.4) is 0 Å². The van der Waals surface area contributed by atoms with Gasteiger partial charge in [0, 0.05) is 26.3 Å². The van der Waals surface area contributed by atoms with Crippen LogP contribution >= 0.6 is 12.6 Å². The monoisotopic (exact) mass is 1070 g/mol. The summed E-state index contributed by atoms with van der Waals surface area (Å²) >= 11 is 4.80. The molecule has 0 unspecified atom stereocenters. The first kappa shape index (κ1) is 73.4. The summed E-state index contributed by atoms with van der Waals surface area (Å²) in [5.41, 5.74) is 0. The summed E-state index contributed by atoms with van der Waals surface area (Å²) in [6, 6.07) is 2.28. The van der Waals surface area contributed by atoms with E-state index in [2.05, 4.69) is 44.4 Å². The number of hydrogen-bond acceptors (Lipinski definition) is 5. The van der Waals surface area contributed by atoms with Gasteiger partial charge in [0.25, 0.3) is 0 Å². The smallest absolute Gasteiger partial charge is 0.338 e. The van der Waals surface area contributed by atoms with Gasteiger partial charge in [0.05, 0.1) is 0 Å². The van der Waals surface area contributed by atoms with Crippen molar-refractivity contribution in [2.45, 2.75) is 374 Å². The van der Waals surface area contributed by atoms with Gasteiger partial charge in [0.15, 0.2) is 0 Å². The van der Waals surface area contributed by atoms with Gasteiger partial charge in [0.2, 0.25) is 0 Å². The first-order valence-corrected chi connectivity index (χ1v) is 37.3. The van der Waals surface area contributed by atoms with Crippen molar-refractivity contribution < 1.29 is 8.85 Å². The maximum absolute atomic E-state index is 7.38. The highest BCUT2D eigenvalue weighted by Crippen LogP contribution is 2.27. The third-order valence-corrected chi connectivity index (χ3v) is 20.5. The maximum atomic E-state index is 7.38. The molecule has 0 fully saturated rings. The molecule has 0 aliphatic carbocycles. The normalized spacial score (nSPS) is 12.2. The van der Waals surface area contributed by atoms with E-state index < -0.39 is 8.56 Å². The van der Waals surface area contributed by atoms with E-state index in [-0.39, 0.29) is 0 Å². The lowest BCUT2D eigenvalue weighted by Crippen LogP contribution is -2.46. The fourth-order valence-electron chi connectivity index (χ4n) is 11.4. The van der Waals surface area contributed by atoms with E-state index in [0.717, 1.165) is 44.5 Å². The van der Waals surface area contributed by atoms with E-state index in [0.29, 0.717) is 0 Å². The number of nitrogens with zero attached hydrogens (tertiary/aromatic N) is 2. The van der Waals surface area contributed by atoms with Gasteiger partial charge in [-0.05, 0) is 76.1 Å². The second-order valence-electron chi connectivity index (χ2n) is 23.8. The van der Waals surface area contributed by atoms with E-state index in [1.165, 1.54) is 353 Å². The molecule has 440 valence electrons. The minimum Gasteiger partial charge on any atom is -0.393 e. The van der Waals surface area contributed by atoms with E-state index in [4.69, 9.17) is 21.5 Å². The third kappa shape index (κ3) is 55.5. The Balaban J connectivity index is 5.74. The van der Waals surface area contributed by atoms with Gasteiger partial charge in [0.1, 0.15) is 0 Å². The molecule has 0 saturated carbocycles. The minimum absolute atomic E-state index is 0.854. The zero-order valence-corrected chi connectivity index (χ0v) is 53.4.